The van der Waals surface area contributed by atoms with E-state index in [1.54, 1.807) is 53.2 Å². The van der Waals surface area contributed by atoms with Gasteiger partial charge in [-0.15, -0.1) is 0 Å². The zero-order valence-corrected chi connectivity index (χ0v) is 19.6. The highest BCUT2D eigenvalue weighted by atomic mass is 32.2. The third-order valence-corrected chi connectivity index (χ3v) is 7.35. The van der Waals surface area contributed by atoms with Crippen LogP contribution in [0.3, 0.4) is 0 Å². The zero-order valence-electron chi connectivity index (χ0n) is 18.7. The molecule has 1 aliphatic heterocycles. The average Bonchev–Trinajstić information content (AvgIpc) is 3.23. The van der Waals surface area contributed by atoms with Crippen molar-refractivity contribution >= 4 is 21.6 Å². The van der Waals surface area contributed by atoms with Gasteiger partial charge in [0.25, 0.3) is 0 Å². The second kappa shape index (κ2) is 9.77. The van der Waals surface area contributed by atoms with E-state index in [0.29, 0.717) is 31.0 Å². The number of amides is 1. The number of carboxylic acid groups (broad SMARTS) is 1. The smallest absolute Gasteiger partial charge is 0.411 e. The van der Waals surface area contributed by atoms with Gasteiger partial charge in [-0.25, -0.2) is 17.9 Å². The van der Waals surface area contributed by atoms with Crippen LogP contribution in [-0.2, 0) is 23.3 Å². The maximum atomic E-state index is 12.4. The first-order valence-electron chi connectivity index (χ1n) is 10.8. The lowest BCUT2D eigenvalue weighted by Crippen LogP contribution is -2.45. The minimum atomic E-state index is -2.99. The third kappa shape index (κ3) is 5.69. The fourth-order valence-electron chi connectivity index (χ4n) is 3.82. The van der Waals surface area contributed by atoms with E-state index in [0.717, 1.165) is 11.3 Å². The van der Waals surface area contributed by atoms with Crippen LogP contribution in [0.5, 0.6) is 0 Å². The van der Waals surface area contributed by atoms with Crippen LogP contribution in [0.1, 0.15) is 11.3 Å². The van der Waals surface area contributed by atoms with E-state index in [1.807, 2.05) is 11.0 Å². The predicted octanol–water partition coefficient (Wildman–Crippen LogP) is 0.772. The lowest BCUT2D eigenvalue weighted by molar-refractivity contribution is 0.199. The van der Waals surface area contributed by atoms with Crippen molar-refractivity contribution in [1.82, 2.24) is 24.5 Å². The number of aryl methyl sites for hydroxylation is 1. The number of anilines is 1. The van der Waals surface area contributed by atoms with Crippen LogP contribution < -0.4 is 10.3 Å². The molecule has 3 heterocycles. The summed E-state index contributed by atoms with van der Waals surface area (Å²) in [6.45, 7) is 1.44. The zero-order chi connectivity index (χ0) is 24.3. The van der Waals surface area contributed by atoms with Crippen LogP contribution in [0.4, 0.5) is 10.5 Å². The molecule has 0 unspecified atom stereocenters. The van der Waals surface area contributed by atoms with E-state index < -0.39 is 15.9 Å². The van der Waals surface area contributed by atoms with E-state index in [-0.39, 0.29) is 29.9 Å². The van der Waals surface area contributed by atoms with Crippen molar-refractivity contribution in [1.29, 1.82) is 0 Å². The van der Waals surface area contributed by atoms with Gasteiger partial charge in [0.1, 0.15) is 11.4 Å². The van der Waals surface area contributed by atoms with E-state index in [1.165, 1.54) is 11.0 Å². The van der Waals surface area contributed by atoms with Crippen molar-refractivity contribution in [2.75, 3.05) is 42.6 Å². The molecule has 0 radical (unpaired) electrons. The maximum Gasteiger partial charge on any atom is 0.411 e. The molecule has 0 bridgehead atoms. The molecular weight excluding hydrogens is 460 g/mol. The number of nitrogens with zero attached hydrogens (tertiary/aromatic N) is 6. The molecule has 0 atom stereocenters. The lowest BCUT2D eigenvalue weighted by Gasteiger charge is -2.29. The minimum Gasteiger partial charge on any atom is -0.465 e. The van der Waals surface area contributed by atoms with E-state index in [4.69, 9.17) is 0 Å². The van der Waals surface area contributed by atoms with Crippen molar-refractivity contribution in [2.24, 2.45) is 7.05 Å². The Bertz CT molecular complexity index is 1340. The van der Waals surface area contributed by atoms with Crippen LogP contribution in [-0.4, -0.2) is 81.8 Å². The SMILES string of the molecule is Cn1cc(-n2ccc(=O)c(Cc3cccc(N(CCN4CCS(=O)(=O)CC4)C(=O)O)c3)n2)cn1. The molecule has 180 valence electrons. The summed E-state index contributed by atoms with van der Waals surface area (Å²) in [6, 6.07) is 8.45. The molecule has 4 rings (SSSR count). The molecule has 1 aromatic carbocycles. The molecule has 0 spiro atoms. The molecule has 0 aliphatic carbocycles. The Hall–Kier alpha value is -3.51. The molecule has 1 amide bonds. The Morgan fingerprint density at radius 2 is 1.97 bits per heavy atom. The molecule has 12 heteroatoms. The highest BCUT2D eigenvalue weighted by molar-refractivity contribution is 7.91. The maximum absolute atomic E-state index is 12.4. The summed E-state index contributed by atoms with van der Waals surface area (Å²) in [5.41, 5.74) is 2.08. The molecule has 1 aliphatic rings. The predicted molar refractivity (Wildman–Crippen MR) is 126 cm³/mol. The van der Waals surface area contributed by atoms with Gasteiger partial charge in [-0.3, -0.25) is 19.3 Å². The highest BCUT2D eigenvalue weighted by Gasteiger charge is 2.23. The average molecular weight is 487 g/mol. The van der Waals surface area contributed by atoms with Gasteiger partial charge in [0.05, 0.1) is 23.9 Å². The summed E-state index contributed by atoms with van der Waals surface area (Å²) in [4.78, 5) is 27.5. The minimum absolute atomic E-state index is 0.0935. The van der Waals surface area contributed by atoms with Gasteiger partial charge in [-0.1, -0.05) is 12.1 Å². The Morgan fingerprint density at radius 3 is 2.65 bits per heavy atom. The van der Waals surface area contributed by atoms with Gasteiger partial charge in [0.15, 0.2) is 9.84 Å². The van der Waals surface area contributed by atoms with Gasteiger partial charge in [0, 0.05) is 57.6 Å². The Kier molecular flexibility index (Phi) is 6.80. The van der Waals surface area contributed by atoms with E-state index in [9.17, 15) is 23.1 Å². The summed E-state index contributed by atoms with van der Waals surface area (Å²) < 4.78 is 26.4. The number of hydrogen-bond donors (Lipinski definition) is 1. The van der Waals surface area contributed by atoms with Gasteiger partial charge in [-0.05, 0) is 17.7 Å². The first-order valence-corrected chi connectivity index (χ1v) is 12.6. The molecule has 3 aromatic rings. The van der Waals surface area contributed by atoms with Crippen molar-refractivity contribution < 1.29 is 18.3 Å². The largest absolute Gasteiger partial charge is 0.465 e. The Balaban J connectivity index is 1.49. The quantitative estimate of drug-likeness (QED) is 0.518. The highest BCUT2D eigenvalue weighted by Crippen LogP contribution is 2.18. The molecule has 1 N–H and O–H groups in total. The number of aromatic nitrogens is 4. The topological polar surface area (TPSA) is 131 Å². The molecule has 1 saturated heterocycles. The van der Waals surface area contributed by atoms with Crippen molar-refractivity contribution in [2.45, 2.75) is 6.42 Å². The number of hydrogen-bond acceptors (Lipinski definition) is 7. The first-order chi connectivity index (χ1) is 16.2. The van der Waals surface area contributed by atoms with Crippen molar-refractivity contribution in [3.05, 3.63) is 70.4 Å². The summed E-state index contributed by atoms with van der Waals surface area (Å²) in [7, 11) is -1.20. The standard InChI is InChI=1S/C22H26N6O5S/c1-25-16-19(15-23-25)28-6-5-21(29)20(24-28)14-17-3-2-4-18(13-17)27(22(30)31)8-7-26-9-11-34(32,33)12-10-26/h2-6,13,15-16H,7-12,14H2,1H3,(H,30,31). The van der Waals surface area contributed by atoms with Gasteiger partial charge in [-0.2, -0.15) is 10.2 Å². The third-order valence-electron chi connectivity index (χ3n) is 5.74. The Labute approximate surface area is 196 Å². The first kappa shape index (κ1) is 23.6. The number of rotatable bonds is 7. The normalized spacial score (nSPS) is 15.8. The van der Waals surface area contributed by atoms with Crippen LogP contribution in [0.25, 0.3) is 5.69 Å². The fraction of sp³-hybridized carbons (Fsp3) is 0.364. The summed E-state index contributed by atoms with van der Waals surface area (Å²) in [5.74, 6) is 0.187. The molecule has 11 nitrogen and oxygen atoms in total. The second-order valence-electron chi connectivity index (χ2n) is 8.22. The molecule has 1 fully saturated rings. The lowest BCUT2D eigenvalue weighted by atomic mass is 10.1. The monoisotopic (exact) mass is 486 g/mol. The van der Waals surface area contributed by atoms with Crippen molar-refractivity contribution in [3.8, 4) is 5.69 Å². The number of sulfone groups is 1. The van der Waals surface area contributed by atoms with Crippen LogP contribution in [0, 0.1) is 0 Å². The molecular formula is C22H26N6O5S. The Morgan fingerprint density at radius 1 is 1.21 bits per heavy atom. The molecule has 0 saturated carbocycles. The van der Waals surface area contributed by atoms with Gasteiger partial charge >= 0.3 is 6.09 Å². The summed E-state index contributed by atoms with van der Waals surface area (Å²) >= 11 is 0. The van der Waals surface area contributed by atoms with E-state index in [2.05, 4.69) is 10.2 Å². The molecule has 2 aromatic heterocycles. The van der Waals surface area contributed by atoms with Crippen LogP contribution in [0.15, 0.2) is 53.7 Å². The number of carbonyl (C=O) groups is 1. The fourth-order valence-corrected chi connectivity index (χ4v) is 5.10. The summed E-state index contributed by atoms with van der Waals surface area (Å²) in [5, 5.41) is 18.3. The van der Waals surface area contributed by atoms with Crippen LogP contribution in [0.2, 0.25) is 0 Å². The number of benzene rings is 1. The van der Waals surface area contributed by atoms with Crippen LogP contribution >= 0.6 is 0 Å². The second-order valence-corrected chi connectivity index (χ2v) is 10.5. The van der Waals surface area contributed by atoms with Crippen molar-refractivity contribution in [3.63, 3.8) is 0 Å². The molecule has 34 heavy (non-hydrogen) atoms. The summed E-state index contributed by atoms with van der Waals surface area (Å²) in [6.07, 6.45) is 4.15. The van der Waals surface area contributed by atoms with Gasteiger partial charge in [0.2, 0.25) is 5.43 Å². The van der Waals surface area contributed by atoms with E-state index >= 15 is 0 Å². The van der Waals surface area contributed by atoms with Gasteiger partial charge < -0.3 is 5.11 Å².